The van der Waals surface area contributed by atoms with Gasteiger partial charge in [0, 0.05) is 25.2 Å². The molecule has 1 atom stereocenters. The van der Waals surface area contributed by atoms with E-state index in [1.807, 2.05) is 0 Å². The maximum atomic E-state index is 11.6. The van der Waals surface area contributed by atoms with Crippen LogP contribution in [0.25, 0.3) is 28.1 Å². The molecule has 0 aromatic carbocycles. The third kappa shape index (κ3) is 3.47. The van der Waals surface area contributed by atoms with E-state index < -0.39 is 6.09 Å². The van der Waals surface area contributed by atoms with Crippen molar-refractivity contribution in [2.45, 2.75) is 25.8 Å². The van der Waals surface area contributed by atoms with E-state index in [0.29, 0.717) is 52.8 Å². The van der Waals surface area contributed by atoms with E-state index in [1.165, 1.54) is 6.20 Å². The average molecular weight is 436 g/mol. The van der Waals surface area contributed by atoms with Crippen molar-refractivity contribution in [1.82, 2.24) is 24.9 Å². The Morgan fingerprint density at radius 3 is 3.00 bits per heavy atom. The van der Waals surface area contributed by atoms with Gasteiger partial charge in [0.05, 0.1) is 17.6 Å². The summed E-state index contributed by atoms with van der Waals surface area (Å²) in [6.45, 7) is 2.32. The first-order valence-electron chi connectivity index (χ1n) is 10.2. The molecule has 1 aliphatic heterocycles. The first-order valence-corrected chi connectivity index (χ1v) is 10.2. The Kier molecular flexibility index (Phi) is 4.85. The molecule has 11 nitrogen and oxygen atoms in total. The number of rotatable bonds is 6. The van der Waals surface area contributed by atoms with Gasteiger partial charge in [0.25, 0.3) is 0 Å². The minimum atomic E-state index is -1.09. The quantitative estimate of drug-likeness (QED) is 0.471. The molecule has 1 fully saturated rings. The van der Waals surface area contributed by atoms with Crippen molar-refractivity contribution in [2.24, 2.45) is 0 Å². The van der Waals surface area contributed by atoms with Crippen LogP contribution in [0.15, 0.2) is 41.1 Å². The molecule has 5 heterocycles. The summed E-state index contributed by atoms with van der Waals surface area (Å²) in [5, 5.41) is 17.4. The Hall–Kier alpha value is -4.15. The number of imidazole rings is 1. The van der Waals surface area contributed by atoms with Crippen LogP contribution >= 0.6 is 0 Å². The number of nitrogens with zero attached hydrogens (tertiary/aromatic N) is 5. The van der Waals surface area contributed by atoms with Crippen molar-refractivity contribution in [3.05, 3.63) is 36.7 Å². The van der Waals surface area contributed by atoms with Crippen LogP contribution in [0.2, 0.25) is 0 Å². The number of carbonyl (C=O) groups is 2. The Bertz CT molecular complexity index is 1330. The monoisotopic (exact) mass is 436 g/mol. The van der Waals surface area contributed by atoms with Crippen LogP contribution in [0.4, 0.5) is 10.6 Å². The molecule has 4 aromatic heterocycles. The highest BCUT2D eigenvalue weighted by Gasteiger charge is 2.22. The molecule has 11 heteroatoms. The van der Waals surface area contributed by atoms with Crippen molar-refractivity contribution in [3.63, 3.8) is 0 Å². The van der Waals surface area contributed by atoms with Crippen molar-refractivity contribution >= 4 is 34.4 Å². The third-order valence-corrected chi connectivity index (χ3v) is 5.33. The average Bonchev–Trinajstić information content (AvgIpc) is 3.50. The minimum absolute atomic E-state index is 0.0284. The number of carbonyl (C=O) groups excluding carboxylic acids is 1. The first-order chi connectivity index (χ1) is 15.5. The van der Waals surface area contributed by atoms with E-state index in [1.54, 1.807) is 41.9 Å². The number of ether oxygens (including phenoxy) is 1. The standard InChI is InChI=1S/C21H20N6O5/c1-2-26(21(29)30)20-13-9-16(32-15(13)7-8-22-20)14-10-23-17-4-6-19(25-27(14)17)31-11-12-3-5-18(28)24-12/h4,6-10,12H,2-3,5,11H2,1H3,(H,24,28)(H,29,30)/t12-/m1/s1. The van der Waals surface area contributed by atoms with Crippen LogP contribution in [0.5, 0.6) is 5.88 Å². The Morgan fingerprint density at radius 1 is 1.38 bits per heavy atom. The van der Waals surface area contributed by atoms with Gasteiger partial charge in [-0.2, -0.15) is 0 Å². The summed E-state index contributed by atoms with van der Waals surface area (Å²) in [6, 6.07) is 6.88. The van der Waals surface area contributed by atoms with Gasteiger partial charge in [0.2, 0.25) is 11.8 Å². The van der Waals surface area contributed by atoms with Crippen LogP contribution < -0.4 is 15.0 Å². The zero-order chi connectivity index (χ0) is 22.2. The maximum absolute atomic E-state index is 11.6. The SMILES string of the molecule is CCN(C(=O)O)c1nccc2oc(-c3cnc4ccc(OC[C@H]5CCC(=O)N5)nn34)cc12. The molecule has 4 aromatic rings. The second-order valence-corrected chi connectivity index (χ2v) is 7.38. The fourth-order valence-corrected chi connectivity index (χ4v) is 3.76. The predicted molar refractivity (Wildman–Crippen MR) is 114 cm³/mol. The number of amides is 2. The number of anilines is 1. The van der Waals surface area contributed by atoms with Crippen molar-refractivity contribution in [2.75, 3.05) is 18.1 Å². The molecular weight excluding hydrogens is 416 g/mol. The van der Waals surface area contributed by atoms with Gasteiger partial charge < -0.3 is 19.6 Å². The number of hydrogen-bond acceptors (Lipinski definition) is 7. The number of nitrogens with one attached hydrogen (secondary N) is 1. The number of furan rings is 1. The van der Waals surface area contributed by atoms with E-state index in [-0.39, 0.29) is 18.5 Å². The number of hydrogen-bond donors (Lipinski definition) is 2. The zero-order valence-corrected chi connectivity index (χ0v) is 17.2. The maximum Gasteiger partial charge on any atom is 0.413 e. The van der Waals surface area contributed by atoms with Gasteiger partial charge in [-0.3, -0.25) is 9.69 Å². The van der Waals surface area contributed by atoms with E-state index in [2.05, 4.69) is 20.4 Å². The van der Waals surface area contributed by atoms with Gasteiger partial charge in [-0.1, -0.05) is 0 Å². The summed E-state index contributed by atoms with van der Waals surface area (Å²) < 4.78 is 13.3. The summed E-state index contributed by atoms with van der Waals surface area (Å²) in [4.78, 5) is 32.7. The molecule has 2 amide bonds. The van der Waals surface area contributed by atoms with Gasteiger partial charge in [-0.15, -0.1) is 5.10 Å². The number of carboxylic acid groups (broad SMARTS) is 1. The van der Waals surface area contributed by atoms with Crippen LogP contribution in [0.3, 0.4) is 0 Å². The molecule has 0 radical (unpaired) electrons. The summed E-state index contributed by atoms with van der Waals surface area (Å²) in [6.07, 6.45) is 3.29. The molecule has 0 bridgehead atoms. The fraction of sp³-hybridized carbons (Fsp3) is 0.286. The van der Waals surface area contributed by atoms with Crippen LogP contribution in [-0.2, 0) is 4.79 Å². The molecule has 1 saturated heterocycles. The van der Waals surface area contributed by atoms with Gasteiger partial charge in [-0.25, -0.2) is 19.3 Å². The summed E-state index contributed by atoms with van der Waals surface area (Å²) in [5.41, 5.74) is 1.69. The smallest absolute Gasteiger partial charge is 0.413 e. The molecule has 2 N–H and O–H groups in total. The van der Waals surface area contributed by atoms with Gasteiger partial charge in [0.1, 0.15) is 23.7 Å². The summed E-state index contributed by atoms with van der Waals surface area (Å²) in [7, 11) is 0. The van der Waals surface area contributed by atoms with Crippen LogP contribution in [0.1, 0.15) is 19.8 Å². The lowest BCUT2D eigenvalue weighted by molar-refractivity contribution is -0.119. The van der Waals surface area contributed by atoms with Crippen LogP contribution in [0, 0.1) is 0 Å². The lowest BCUT2D eigenvalue weighted by Gasteiger charge is -2.15. The highest BCUT2D eigenvalue weighted by molar-refractivity contribution is 5.98. The van der Waals surface area contributed by atoms with E-state index in [9.17, 15) is 14.7 Å². The lowest BCUT2D eigenvalue weighted by Crippen LogP contribution is -2.31. The topological polar surface area (TPSA) is 135 Å². The molecule has 5 rings (SSSR count). The largest absolute Gasteiger partial charge is 0.474 e. The Morgan fingerprint density at radius 2 is 2.25 bits per heavy atom. The highest BCUT2D eigenvalue weighted by atomic mass is 16.5. The van der Waals surface area contributed by atoms with Crippen molar-refractivity contribution in [3.8, 4) is 17.3 Å². The van der Waals surface area contributed by atoms with Crippen molar-refractivity contribution in [1.29, 1.82) is 0 Å². The number of fused-ring (bicyclic) bond motifs is 2. The number of pyridine rings is 1. The first kappa shape index (κ1) is 19.8. The minimum Gasteiger partial charge on any atom is -0.474 e. The van der Waals surface area contributed by atoms with E-state index in [4.69, 9.17) is 9.15 Å². The molecule has 0 saturated carbocycles. The van der Waals surface area contributed by atoms with Crippen LogP contribution in [-0.4, -0.2) is 55.9 Å². The number of aromatic nitrogens is 4. The Balaban J connectivity index is 1.49. The van der Waals surface area contributed by atoms with Gasteiger partial charge in [-0.05, 0) is 31.5 Å². The third-order valence-electron chi connectivity index (χ3n) is 5.33. The van der Waals surface area contributed by atoms with Crippen molar-refractivity contribution < 1.29 is 23.8 Å². The highest BCUT2D eigenvalue weighted by Crippen LogP contribution is 2.33. The fourth-order valence-electron chi connectivity index (χ4n) is 3.76. The lowest BCUT2D eigenvalue weighted by atomic mass is 10.2. The normalized spacial score (nSPS) is 15.9. The predicted octanol–water partition coefficient (Wildman–Crippen LogP) is 2.70. The van der Waals surface area contributed by atoms with Gasteiger partial charge in [0.15, 0.2) is 11.4 Å². The second kappa shape index (κ2) is 7.84. The van der Waals surface area contributed by atoms with E-state index in [0.717, 1.165) is 11.3 Å². The molecule has 0 aliphatic carbocycles. The summed E-state index contributed by atoms with van der Waals surface area (Å²) in [5.74, 6) is 1.19. The van der Waals surface area contributed by atoms with Gasteiger partial charge >= 0.3 is 6.09 Å². The molecule has 0 unspecified atom stereocenters. The molecule has 1 aliphatic rings. The molecule has 0 spiro atoms. The molecule has 32 heavy (non-hydrogen) atoms. The van der Waals surface area contributed by atoms with E-state index >= 15 is 0 Å². The molecule has 164 valence electrons. The molecular formula is C21H20N6O5. The second-order valence-electron chi connectivity index (χ2n) is 7.38. The Labute approximate surface area is 181 Å². The zero-order valence-electron chi connectivity index (χ0n) is 17.2. The summed E-state index contributed by atoms with van der Waals surface area (Å²) >= 11 is 0.